The quantitative estimate of drug-likeness (QED) is 0.829. The molecule has 5 heteroatoms. The highest BCUT2D eigenvalue weighted by Crippen LogP contribution is 2.44. The molecule has 1 aromatic carbocycles. The number of benzene rings is 1. The fraction of sp³-hybridized carbons (Fsp3) is 0.500. The van der Waals surface area contributed by atoms with Crippen molar-refractivity contribution in [1.29, 1.82) is 0 Å². The third-order valence-corrected chi connectivity index (χ3v) is 6.24. The number of hydrogen-bond acceptors (Lipinski definition) is 4. The van der Waals surface area contributed by atoms with Crippen LogP contribution in [-0.4, -0.2) is 41.0 Å². The Bertz CT molecular complexity index is 770. The normalized spacial score (nSPS) is 21.8. The van der Waals surface area contributed by atoms with Gasteiger partial charge in [0.25, 0.3) is 0 Å². The monoisotopic (exact) mass is 365 g/mol. The van der Waals surface area contributed by atoms with E-state index in [0.29, 0.717) is 11.8 Å². The lowest BCUT2D eigenvalue weighted by atomic mass is 9.76. The van der Waals surface area contributed by atoms with E-state index in [-0.39, 0.29) is 5.41 Å². The number of ether oxygens (including phenoxy) is 1. The van der Waals surface area contributed by atoms with Crippen LogP contribution in [0.4, 0.5) is 0 Å². The molecule has 2 fully saturated rings. The highest BCUT2D eigenvalue weighted by atomic mass is 16.5. The lowest BCUT2D eigenvalue weighted by Gasteiger charge is -2.39. The summed E-state index contributed by atoms with van der Waals surface area (Å²) in [6.07, 6.45) is 9.60. The number of rotatable bonds is 4. The van der Waals surface area contributed by atoms with E-state index in [9.17, 15) is 4.79 Å². The van der Waals surface area contributed by atoms with Crippen LogP contribution in [0, 0.1) is 0 Å². The minimum absolute atomic E-state index is 0.295. The zero-order valence-corrected chi connectivity index (χ0v) is 15.9. The van der Waals surface area contributed by atoms with Crippen molar-refractivity contribution in [3.8, 4) is 5.75 Å². The summed E-state index contributed by atoms with van der Waals surface area (Å²) >= 11 is 0. The van der Waals surface area contributed by atoms with Crippen LogP contribution in [0.2, 0.25) is 0 Å². The zero-order chi connectivity index (χ0) is 18.7. The van der Waals surface area contributed by atoms with Crippen molar-refractivity contribution in [2.45, 2.75) is 49.9 Å². The second-order valence-electron chi connectivity index (χ2n) is 7.74. The maximum atomic E-state index is 13.7. The van der Waals surface area contributed by atoms with Gasteiger partial charge in [-0.3, -0.25) is 4.79 Å². The zero-order valence-electron chi connectivity index (χ0n) is 15.9. The lowest BCUT2D eigenvalue weighted by Crippen LogP contribution is -2.49. The molecule has 0 N–H and O–H groups in total. The fourth-order valence-corrected chi connectivity index (χ4v) is 4.76. The Balaban J connectivity index is 1.58. The van der Waals surface area contributed by atoms with Gasteiger partial charge in [-0.25, -0.2) is 9.97 Å². The molecule has 0 spiro atoms. The van der Waals surface area contributed by atoms with Crippen LogP contribution in [0.5, 0.6) is 5.75 Å². The van der Waals surface area contributed by atoms with Crippen LogP contribution >= 0.6 is 0 Å². The molecule has 0 bridgehead atoms. The number of likely N-dealkylation sites (tertiary alicyclic amines) is 1. The van der Waals surface area contributed by atoms with E-state index in [1.165, 1.54) is 0 Å². The molecule has 1 saturated carbocycles. The van der Waals surface area contributed by atoms with Crippen LogP contribution in [0.3, 0.4) is 0 Å². The van der Waals surface area contributed by atoms with Crippen molar-refractivity contribution in [3.63, 3.8) is 0 Å². The Labute approximate surface area is 160 Å². The molecular weight excluding hydrogens is 338 g/mol. The molecule has 1 amide bonds. The van der Waals surface area contributed by atoms with Crippen LogP contribution in [-0.2, 0) is 10.2 Å². The van der Waals surface area contributed by atoms with E-state index in [1.807, 2.05) is 18.2 Å². The molecule has 5 nitrogen and oxygen atoms in total. The number of hydrogen-bond donors (Lipinski definition) is 0. The van der Waals surface area contributed by atoms with Gasteiger partial charge in [-0.2, -0.15) is 0 Å². The molecule has 1 aliphatic heterocycles. The van der Waals surface area contributed by atoms with Gasteiger partial charge in [0.1, 0.15) is 12.1 Å². The molecule has 27 heavy (non-hydrogen) atoms. The predicted molar refractivity (Wildman–Crippen MR) is 104 cm³/mol. The van der Waals surface area contributed by atoms with Gasteiger partial charge in [-0.15, -0.1) is 0 Å². The second kappa shape index (κ2) is 7.67. The molecule has 0 unspecified atom stereocenters. The van der Waals surface area contributed by atoms with Crippen molar-refractivity contribution in [2.24, 2.45) is 0 Å². The van der Waals surface area contributed by atoms with Crippen molar-refractivity contribution in [3.05, 3.63) is 54.1 Å². The van der Waals surface area contributed by atoms with Gasteiger partial charge < -0.3 is 9.64 Å². The summed E-state index contributed by atoms with van der Waals surface area (Å²) < 4.78 is 5.30. The summed E-state index contributed by atoms with van der Waals surface area (Å²) in [5.41, 5.74) is 1.81. The standard InChI is InChI=1S/C22H27N3O2/c1-27-19-8-6-18(7-9-19)22(11-2-3-12-22)21(26)25-14-4-5-17(15-25)20-10-13-23-16-24-20/h6-10,13,16-17H,2-5,11-12,14-15H2,1H3/t17-/m0/s1. The van der Waals surface area contributed by atoms with E-state index in [0.717, 1.165) is 68.6 Å². The third kappa shape index (κ3) is 3.43. The number of carbonyl (C=O) groups is 1. The number of piperidine rings is 1. The Morgan fingerprint density at radius 2 is 1.93 bits per heavy atom. The molecule has 1 saturated heterocycles. The Kier molecular flexibility index (Phi) is 5.10. The van der Waals surface area contributed by atoms with Crippen molar-refractivity contribution in [2.75, 3.05) is 20.2 Å². The molecule has 2 aliphatic rings. The Morgan fingerprint density at radius 3 is 2.59 bits per heavy atom. The first-order valence-electron chi connectivity index (χ1n) is 9.93. The van der Waals surface area contributed by atoms with Gasteiger partial charge in [0.05, 0.1) is 12.5 Å². The molecule has 2 heterocycles. The van der Waals surface area contributed by atoms with E-state index in [2.05, 4.69) is 27.0 Å². The minimum Gasteiger partial charge on any atom is -0.497 e. The predicted octanol–water partition coefficient (Wildman–Crippen LogP) is 3.70. The van der Waals surface area contributed by atoms with Crippen molar-refractivity contribution < 1.29 is 9.53 Å². The van der Waals surface area contributed by atoms with Crippen LogP contribution in [0.15, 0.2) is 42.9 Å². The van der Waals surface area contributed by atoms with Gasteiger partial charge in [0, 0.05) is 30.9 Å². The van der Waals surface area contributed by atoms with Gasteiger partial charge in [0.2, 0.25) is 5.91 Å². The molecule has 1 atom stereocenters. The summed E-state index contributed by atoms with van der Waals surface area (Å²) in [6.45, 7) is 1.60. The van der Waals surface area contributed by atoms with Crippen LogP contribution in [0.25, 0.3) is 0 Å². The van der Waals surface area contributed by atoms with E-state index in [4.69, 9.17) is 4.74 Å². The summed E-state index contributed by atoms with van der Waals surface area (Å²) in [5.74, 6) is 1.44. The number of aromatic nitrogens is 2. The van der Waals surface area contributed by atoms with Crippen LogP contribution < -0.4 is 4.74 Å². The highest BCUT2D eigenvalue weighted by Gasteiger charge is 2.45. The van der Waals surface area contributed by atoms with Gasteiger partial charge in [0.15, 0.2) is 0 Å². The average Bonchev–Trinajstić information content (AvgIpc) is 3.25. The van der Waals surface area contributed by atoms with Gasteiger partial charge in [-0.05, 0) is 49.4 Å². The second-order valence-corrected chi connectivity index (χ2v) is 7.74. The van der Waals surface area contributed by atoms with Crippen molar-refractivity contribution in [1.82, 2.24) is 14.9 Å². The number of carbonyl (C=O) groups excluding carboxylic acids is 1. The minimum atomic E-state index is -0.375. The fourth-order valence-electron chi connectivity index (χ4n) is 4.76. The molecule has 1 aromatic heterocycles. The first-order valence-corrected chi connectivity index (χ1v) is 9.93. The van der Waals surface area contributed by atoms with Crippen molar-refractivity contribution >= 4 is 5.91 Å². The molecule has 4 rings (SSSR count). The van der Waals surface area contributed by atoms with E-state index in [1.54, 1.807) is 19.6 Å². The van der Waals surface area contributed by atoms with Gasteiger partial charge in [-0.1, -0.05) is 25.0 Å². The average molecular weight is 365 g/mol. The Morgan fingerprint density at radius 1 is 1.15 bits per heavy atom. The molecular formula is C22H27N3O2. The SMILES string of the molecule is COc1ccc(C2(C(=O)N3CCC[C@H](c4ccncn4)C3)CCCC2)cc1. The molecule has 2 aromatic rings. The maximum Gasteiger partial charge on any atom is 0.233 e. The summed E-state index contributed by atoms with van der Waals surface area (Å²) in [7, 11) is 1.67. The maximum absolute atomic E-state index is 13.7. The van der Waals surface area contributed by atoms with E-state index >= 15 is 0 Å². The summed E-state index contributed by atoms with van der Waals surface area (Å²) in [4.78, 5) is 24.3. The molecule has 0 radical (unpaired) electrons. The first-order chi connectivity index (χ1) is 13.2. The number of nitrogens with zero attached hydrogens (tertiary/aromatic N) is 3. The van der Waals surface area contributed by atoms with Crippen LogP contribution in [0.1, 0.15) is 55.7 Å². The number of amides is 1. The first kappa shape index (κ1) is 18.0. The molecule has 142 valence electrons. The van der Waals surface area contributed by atoms with E-state index < -0.39 is 0 Å². The Hall–Kier alpha value is -2.43. The topological polar surface area (TPSA) is 55.3 Å². The smallest absolute Gasteiger partial charge is 0.233 e. The highest BCUT2D eigenvalue weighted by molar-refractivity contribution is 5.89. The largest absolute Gasteiger partial charge is 0.497 e. The van der Waals surface area contributed by atoms with Gasteiger partial charge >= 0.3 is 0 Å². The summed E-state index contributed by atoms with van der Waals surface area (Å²) in [6, 6.07) is 10.1. The number of methoxy groups -OCH3 is 1. The summed E-state index contributed by atoms with van der Waals surface area (Å²) in [5, 5.41) is 0. The molecule has 1 aliphatic carbocycles. The third-order valence-electron chi connectivity index (χ3n) is 6.24. The lowest BCUT2D eigenvalue weighted by molar-refractivity contribution is -0.138.